The van der Waals surface area contributed by atoms with Crippen molar-refractivity contribution in [2.75, 3.05) is 24.3 Å². The predicted molar refractivity (Wildman–Crippen MR) is 58.5 cm³/mol. The molecule has 0 unspecified atom stereocenters. The lowest BCUT2D eigenvalue weighted by atomic mass is 9.92. The van der Waals surface area contributed by atoms with Crippen molar-refractivity contribution in [1.29, 1.82) is 0 Å². The molecule has 0 amide bonds. The van der Waals surface area contributed by atoms with Crippen molar-refractivity contribution in [3.8, 4) is 0 Å². The van der Waals surface area contributed by atoms with Crippen LogP contribution in [0.3, 0.4) is 0 Å². The van der Waals surface area contributed by atoms with Crippen LogP contribution in [0.4, 0.5) is 11.6 Å². The van der Waals surface area contributed by atoms with E-state index < -0.39 is 0 Å². The zero-order valence-electron chi connectivity index (χ0n) is 8.86. The van der Waals surface area contributed by atoms with Gasteiger partial charge >= 0.3 is 0 Å². The third kappa shape index (κ3) is 2.56. The highest BCUT2D eigenvalue weighted by molar-refractivity contribution is 5.45. The molecule has 1 aliphatic rings. The minimum absolute atomic E-state index is 0.0546. The molecule has 5 heteroatoms. The largest absolute Gasteiger partial charge is 0.384 e. The van der Waals surface area contributed by atoms with E-state index in [0.717, 1.165) is 31.9 Å². The lowest BCUT2D eigenvalue weighted by Crippen LogP contribution is -2.40. The van der Waals surface area contributed by atoms with Crippen LogP contribution < -0.4 is 11.1 Å². The molecule has 1 fully saturated rings. The molecule has 2 rings (SSSR count). The van der Waals surface area contributed by atoms with Gasteiger partial charge in [0.15, 0.2) is 0 Å². The molecule has 0 bridgehead atoms. The first kappa shape index (κ1) is 10.2. The van der Waals surface area contributed by atoms with Crippen LogP contribution in [-0.2, 0) is 4.74 Å². The Balaban J connectivity index is 2.06. The van der Waals surface area contributed by atoms with Crippen LogP contribution in [0.25, 0.3) is 0 Å². The first-order valence-electron chi connectivity index (χ1n) is 5.11. The summed E-state index contributed by atoms with van der Waals surface area (Å²) in [6.07, 6.45) is 3.44. The first-order chi connectivity index (χ1) is 7.18. The SMILES string of the molecule is CC1(Nc2cc(N)ncn2)CCOCC1. The second kappa shape index (κ2) is 4.02. The number of ether oxygens (including phenoxy) is 1. The fourth-order valence-electron chi connectivity index (χ4n) is 1.70. The van der Waals surface area contributed by atoms with Gasteiger partial charge in [0, 0.05) is 24.8 Å². The van der Waals surface area contributed by atoms with Crippen molar-refractivity contribution in [1.82, 2.24) is 9.97 Å². The van der Waals surface area contributed by atoms with Gasteiger partial charge in [-0.1, -0.05) is 0 Å². The minimum Gasteiger partial charge on any atom is -0.384 e. The quantitative estimate of drug-likeness (QED) is 0.759. The molecule has 0 spiro atoms. The summed E-state index contributed by atoms with van der Waals surface area (Å²) in [5.41, 5.74) is 5.65. The van der Waals surface area contributed by atoms with Gasteiger partial charge in [-0.3, -0.25) is 0 Å². The highest BCUT2D eigenvalue weighted by Crippen LogP contribution is 2.24. The van der Waals surface area contributed by atoms with Crippen molar-refractivity contribution in [3.05, 3.63) is 12.4 Å². The molecular weight excluding hydrogens is 192 g/mol. The van der Waals surface area contributed by atoms with Crippen LogP contribution in [0.5, 0.6) is 0 Å². The van der Waals surface area contributed by atoms with E-state index in [-0.39, 0.29) is 5.54 Å². The molecule has 1 aromatic rings. The van der Waals surface area contributed by atoms with Gasteiger partial charge in [-0.2, -0.15) is 0 Å². The maximum Gasteiger partial charge on any atom is 0.131 e. The Morgan fingerprint density at radius 3 is 2.80 bits per heavy atom. The minimum atomic E-state index is 0.0546. The highest BCUT2D eigenvalue weighted by atomic mass is 16.5. The van der Waals surface area contributed by atoms with Crippen molar-refractivity contribution < 1.29 is 4.74 Å². The van der Waals surface area contributed by atoms with Gasteiger partial charge in [-0.25, -0.2) is 9.97 Å². The Labute approximate surface area is 89.1 Å². The highest BCUT2D eigenvalue weighted by Gasteiger charge is 2.27. The molecule has 0 saturated carbocycles. The van der Waals surface area contributed by atoms with Gasteiger partial charge in [-0.15, -0.1) is 0 Å². The maximum absolute atomic E-state index is 5.59. The van der Waals surface area contributed by atoms with Crippen molar-refractivity contribution in [3.63, 3.8) is 0 Å². The normalized spacial score (nSPS) is 19.8. The summed E-state index contributed by atoms with van der Waals surface area (Å²) < 4.78 is 5.33. The molecule has 82 valence electrons. The molecule has 0 radical (unpaired) electrons. The van der Waals surface area contributed by atoms with Gasteiger partial charge in [0.25, 0.3) is 0 Å². The van der Waals surface area contributed by atoms with Crippen LogP contribution >= 0.6 is 0 Å². The molecule has 0 aliphatic carbocycles. The average molecular weight is 208 g/mol. The van der Waals surface area contributed by atoms with E-state index in [4.69, 9.17) is 10.5 Å². The van der Waals surface area contributed by atoms with Crippen molar-refractivity contribution >= 4 is 11.6 Å². The summed E-state index contributed by atoms with van der Waals surface area (Å²) in [7, 11) is 0. The lowest BCUT2D eigenvalue weighted by molar-refractivity contribution is 0.0657. The molecule has 2 heterocycles. The summed E-state index contributed by atoms with van der Waals surface area (Å²) in [5.74, 6) is 1.27. The molecular formula is C10H16N4O. The zero-order chi connectivity index (χ0) is 10.7. The van der Waals surface area contributed by atoms with E-state index in [0.29, 0.717) is 5.82 Å². The van der Waals surface area contributed by atoms with Crippen LogP contribution in [0.2, 0.25) is 0 Å². The Hall–Kier alpha value is -1.36. The number of hydrogen-bond donors (Lipinski definition) is 2. The first-order valence-corrected chi connectivity index (χ1v) is 5.11. The molecule has 3 N–H and O–H groups in total. The average Bonchev–Trinajstić information content (AvgIpc) is 2.18. The van der Waals surface area contributed by atoms with Crippen molar-refractivity contribution in [2.24, 2.45) is 0 Å². The number of aromatic nitrogens is 2. The molecule has 0 aromatic carbocycles. The summed E-state index contributed by atoms with van der Waals surface area (Å²) >= 11 is 0. The van der Waals surface area contributed by atoms with E-state index in [1.165, 1.54) is 6.33 Å². The summed E-state index contributed by atoms with van der Waals surface area (Å²) in [5, 5.41) is 3.39. The van der Waals surface area contributed by atoms with Gasteiger partial charge in [0.1, 0.15) is 18.0 Å². The number of rotatable bonds is 2. The second-order valence-corrected chi connectivity index (χ2v) is 4.13. The van der Waals surface area contributed by atoms with E-state index in [9.17, 15) is 0 Å². The van der Waals surface area contributed by atoms with E-state index in [2.05, 4.69) is 22.2 Å². The Morgan fingerprint density at radius 1 is 1.40 bits per heavy atom. The van der Waals surface area contributed by atoms with Gasteiger partial charge in [-0.05, 0) is 19.8 Å². The van der Waals surface area contributed by atoms with Gasteiger partial charge in [0.05, 0.1) is 0 Å². The van der Waals surface area contributed by atoms with E-state index in [1.807, 2.05) is 0 Å². The second-order valence-electron chi connectivity index (χ2n) is 4.13. The topological polar surface area (TPSA) is 73.1 Å². The number of nitrogens with two attached hydrogens (primary N) is 1. The van der Waals surface area contributed by atoms with Gasteiger partial charge in [0.2, 0.25) is 0 Å². The third-order valence-corrected chi connectivity index (χ3v) is 2.71. The smallest absolute Gasteiger partial charge is 0.131 e. The Morgan fingerprint density at radius 2 is 2.13 bits per heavy atom. The fraction of sp³-hybridized carbons (Fsp3) is 0.600. The number of hydrogen-bond acceptors (Lipinski definition) is 5. The number of nitrogen functional groups attached to an aromatic ring is 1. The zero-order valence-corrected chi connectivity index (χ0v) is 8.86. The molecule has 1 aliphatic heterocycles. The third-order valence-electron chi connectivity index (χ3n) is 2.71. The number of nitrogens with zero attached hydrogens (tertiary/aromatic N) is 2. The Kier molecular flexibility index (Phi) is 2.73. The summed E-state index contributed by atoms with van der Waals surface area (Å²) in [6, 6.07) is 1.75. The molecule has 15 heavy (non-hydrogen) atoms. The van der Waals surface area contributed by atoms with Crippen LogP contribution in [-0.4, -0.2) is 28.7 Å². The number of anilines is 2. The number of nitrogens with one attached hydrogen (secondary N) is 1. The van der Waals surface area contributed by atoms with E-state index in [1.54, 1.807) is 6.07 Å². The summed E-state index contributed by atoms with van der Waals surface area (Å²) in [4.78, 5) is 7.99. The molecule has 5 nitrogen and oxygen atoms in total. The monoisotopic (exact) mass is 208 g/mol. The fourth-order valence-corrected chi connectivity index (χ4v) is 1.70. The Bertz CT molecular complexity index is 336. The van der Waals surface area contributed by atoms with Crippen LogP contribution in [0.1, 0.15) is 19.8 Å². The standard InChI is InChI=1S/C10H16N4O/c1-10(2-4-15-5-3-10)14-9-6-8(11)12-7-13-9/h6-7H,2-5H2,1H3,(H3,11,12,13,14). The van der Waals surface area contributed by atoms with Crippen LogP contribution in [0, 0.1) is 0 Å². The predicted octanol–water partition coefficient (Wildman–Crippen LogP) is 1.04. The van der Waals surface area contributed by atoms with Crippen molar-refractivity contribution in [2.45, 2.75) is 25.3 Å². The van der Waals surface area contributed by atoms with Crippen LogP contribution in [0.15, 0.2) is 12.4 Å². The van der Waals surface area contributed by atoms with Gasteiger partial charge < -0.3 is 15.8 Å². The maximum atomic E-state index is 5.59. The molecule has 1 saturated heterocycles. The molecule has 0 atom stereocenters. The summed E-state index contributed by atoms with van der Waals surface area (Å²) in [6.45, 7) is 3.77. The lowest BCUT2D eigenvalue weighted by Gasteiger charge is -2.34. The van der Waals surface area contributed by atoms with E-state index >= 15 is 0 Å². The molecule has 1 aromatic heterocycles.